The molecule has 0 atom stereocenters. The van der Waals surface area contributed by atoms with Crippen LogP contribution in [-0.2, 0) is 13.1 Å². The van der Waals surface area contributed by atoms with Crippen LogP contribution in [0, 0.1) is 0 Å². The van der Waals surface area contributed by atoms with Gasteiger partial charge in [0.05, 0.1) is 32.3 Å². The Hall–Kier alpha value is -3.35. The summed E-state index contributed by atoms with van der Waals surface area (Å²) in [4.78, 5) is 20.4. The number of carbonyl (C=O) groups excluding carboxylic acids is 1. The SMILES string of the molecule is COc1ccccc1CNc1cnc(C(=O)NCc2ccco2)cn1. The lowest BCUT2D eigenvalue weighted by Crippen LogP contribution is -2.23. The van der Waals surface area contributed by atoms with E-state index in [1.54, 1.807) is 25.5 Å². The molecule has 0 saturated heterocycles. The van der Waals surface area contributed by atoms with Crippen LogP contribution in [0.2, 0.25) is 0 Å². The summed E-state index contributed by atoms with van der Waals surface area (Å²) >= 11 is 0. The van der Waals surface area contributed by atoms with E-state index in [4.69, 9.17) is 9.15 Å². The predicted molar refractivity (Wildman–Crippen MR) is 92.2 cm³/mol. The number of methoxy groups -OCH3 is 1. The number of aromatic nitrogens is 2. The third-order valence-electron chi connectivity index (χ3n) is 3.54. The zero-order valence-electron chi connectivity index (χ0n) is 13.7. The van der Waals surface area contributed by atoms with Crippen LogP contribution in [0.5, 0.6) is 5.75 Å². The molecule has 2 aromatic heterocycles. The molecule has 25 heavy (non-hydrogen) atoms. The van der Waals surface area contributed by atoms with Crippen molar-refractivity contribution in [3.05, 3.63) is 72.1 Å². The van der Waals surface area contributed by atoms with Gasteiger partial charge >= 0.3 is 0 Å². The number of nitrogens with one attached hydrogen (secondary N) is 2. The molecule has 0 fully saturated rings. The van der Waals surface area contributed by atoms with Gasteiger partial charge in [0.25, 0.3) is 5.91 Å². The first kappa shape index (κ1) is 16.5. The van der Waals surface area contributed by atoms with Crippen LogP contribution in [0.25, 0.3) is 0 Å². The van der Waals surface area contributed by atoms with Crippen LogP contribution in [0.3, 0.4) is 0 Å². The van der Waals surface area contributed by atoms with Crippen LogP contribution >= 0.6 is 0 Å². The molecule has 128 valence electrons. The molecule has 7 nitrogen and oxygen atoms in total. The van der Waals surface area contributed by atoms with Crippen LogP contribution in [0.4, 0.5) is 5.82 Å². The molecule has 0 aliphatic carbocycles. The highest BCUT2D eigenvalue weighted by molar-refractivity contribution is 5.91. The van der Waals surface area contributed by atoms with E-state index in [1.165, 1.54) is 12.4 Å². The average molecular weight is 338 g/mol. The minimum Gasteiger partial charge on any atom is -0.496 e. The summed E-state index contributed by atoms with van der Waals surface area (Å²) in [6, 6.07) is 11.3. The Labute approximate surface area is 145 Å². The average Bonchev–Trinajstić information content (AvgIpc) is 3.18. The number of nitrogens with zero attached hydrogens (tertiary/aromatic N) is 2. The first-order chi connectivity index (χ1) is 12.3. The summed E-state index contributed by atoms with van der Waals surface area (Å²) in [5, 5.41) is 5.88. The summed E-state index contributed by atoms with van der Waals surface area (Å²) in [7, 11) is 1.63. The van der Waals surface area contributed by atoms with Crippen molar-refractivity contribution in [2.24, 2.45) is 0 Å². The van der Waals surface area contributed by atoms with Gasteiger partial charge in [-0.2, -0.15) is 0 Å². The Morgan fingerprint density at radius 2 is 2.00 bits per heavy atom. The maximum atomic E-state index is 12.0. The molecule has 0 unspecified atom stereocenters. The van der Waals surface area contributed by atoms with Crippen LogP contribution < -0.4 is 15.4 Å². The van der Waals surface area contributed by atoms with Gasteiger partial charge in [-0.25, -0.2) is 9.97 Å². The monoisotopic (exact) mass is 338 g/mol. The highest BCUT2D eigenvalue weighted by Gasteiger charge is 2.09. The van der Waals surface area contributed by atoms with Gasteiger partial charge in [-0.3, -0.25) is 4.79 Å². The van der Waals surface area contributed by atoms with Crippen molar-refractivity contribution in [1.82, 2.24) is 15.3 Å². The van der Waals surface area contributed by atoms with E-state index in [-0.39, 0.29) is 11.6 Å². The molecule has 0 saturated carbocycles. The fraction of sp³-hybridized carbons (Fsp3) is 0.167. The molecule has 0 bridgehead atoms. The Bertz CT molecular complexity index is 817. The molecule has 0 radical (unpaired) electrons. The van der Waals surface area contributed by atoms with Gasteiger partial charge in [0.1, 0.15) is 23.0 Å². The smallest absolute Gasteiger partial charge is 0.271 e. The van der Waals surface area contributed by atoms with Gasteiger partial charge in [-0.1, -0.05) is 18.2 Å². The van der Waals surface area contributed by atoms with Gasteiger partial charge < -0.3 is 19.8 Å². The third kappa shape index (κ3) is 4.35. The molecule has 0 spiro atoms. The minimum atomic E-state index is -0.305. The van der Waals surface area contributed by atoms with E-state index in [9.17, 15) is 4.79 Å². The molecular formula is C18H18N4O3. The molecule has 0 aliphatic heterocycles. The topological polar surface area (TPSA) is 89.3 Å². The molecule has 3 rings (SSSR count). The van der Waals surface area contributed by atoms with E-state index in [0.717, 1.165) is 11.3 Å². The molecule has 7 heteroatoms. The van der Waals surface area contributed by atoms with Crippen molar-refractivity contribution in [1.29, 1.82) is 0 Å². The van der Waals surface area contributed by atoms with E-state index in [0.29, 0.717) is 24.7 Å². The number of ether oxygens (including phenoxy) is 1. The third-order valence-corrected chi connectivity index (χ3v) is 3.54. The lowest BCUT2D eigenvalue weighted by Gasteiger charge is -2.10. The molecule has 0 aliphatic rings. The van der Waals surface area contributed by atoms with Crippen LogP contribution in [0.15, 0.2) is 59.5 Å². The van der Waals surface area contributed by atoms with Crippen LogP contribution in [-0.4, -0.2) is 23.0 Å². The number of hydrogen-bond acceptors (Lipinski definition) is 6. The second kappa shape index (κ2) is 7.96. The Morgan fingerprint density at radius 3 is 2.72 bits per heavy atom. The maximum absolute atomic E-state index is 12.0. The summed E-state index contributed by atoms with van der Waals surface area (Å²) in [6.07, 6.45) is 4.52. The molecule has 3 aromatic rings. The van der Waals surface area contributed by atoms with Crippen molar-refractivity contribution in [3.8, 4) is 5.75 Å². The Kier molecular flexibility index (Phi) is 5.26. The number of para-hydroxylation sites is 1. The van der Waals surface area contributed by atoms with E-state index >= 15 is 0 Å². The van der Waals surface area contributed by atoms with Crippen molar-refractivity contribution >= 4 is 11.7 Å². The highest BCUT2D eigenvalue weighted by atomic mass is 16.5. The second-order valence-corrected chi connectivity index (χ2v) is 5.21. The first-order valence-corrected chi connectivity index (χ1v) is 7.74. The number of rotatable bonds is 7. The maximum Gasteiger partial charge on any atom is 0.271 e. The van der Waals surface area contributed by atoms with Gasteiger partial charge in [0, 0.05) is 12.1 Å². The minimum absolute atomic E-state index is 0.245. The largest absolute Gasteiger partial charge is 0.496 e. The number of anilines is 1. The fourth-order valence-electron chi connectivity index (χ4n) is 2.24. The summed E-state index contributed by atoms with van der Waals surface area (Å²) < 4.78 is 10.5. The molecular weight excluding hydrogens is 320 g/mol. The summed E-state index contributed by atoms with van der Waals surface area (Å²) in [5.74, 6) is 1.75. The van der Waals surface area contributed by atoms with Crippen molar-refractivity contribution in [2.45, 2.75) is 13.1 Å². The van der Waals surface area contributed by atoms with Gasteiger partial charge in [0.2, 0.25) is 0 Å². The van der Waals surface area contributed by atoms with Crippen molar-refractivity contribution in [3.63, 3.8) is 0 Å². The van der Waals surface area contributed by atoms with Gasteiger partial charge in [-0.05, 0) is 18.2 Å². The molecule has 1 amide bonds. The number of carbonyl (C=O) groups is 1. The highest BCUT2D eigenvalue weighted by Crippen LogP contribution is 2.18. The second-order valence-electron chi connectivity index (χ2n) is 5.21. The zero-order chi connectivity index (χ0) is 17.5. The Morgan fingerprint density at radius 1 is 1.12 bits per heavy atom. The predicted octanol–water partition coefficient (Wildman–Crippen LogP) is 2.62. The normalized spacial score (nSPS) is 10.3. The lowest BCUT2D eigenvalue weighted by atomic mass is 10.2. The zero-order valence-corrected chi connectivity index (χ0v) is 13.7. The lowest BCUT2D eigenvalue weighted by molar-refractivity contribution is 0.0942. The van der Waals surface area contributed by atoms with E-state index in [2.05, 4.69) is 20.6 Å². The fourth-order valence-corrected chi connectivity index (χ4v) is 2.24. The molecule has 2 N–H and O–H groups in total. The van der Waals surface area contributed by atoms with Crippen molar-refractivity contribution in [2.75, 3.05) is 12.4 Å². The standard InChI is InChI=1S/C18H18N4O3/c1-24-16-7-3-2-5-13(16)9-20-17-12-19-15(11-21-17)18(23)22-10-14-6-4-8-25-14/h2-8,11-12H,9-10H2,1H3,(H,20,21)(H,22,23). The Balaban J connectivity index is 1.55. The van der Waals surface area contributed by atoms with Gasteiger partial charge in [-0.15, -0.1) is 0 Å². The first-order valence-electron chi connectivity index (χ1n) is 7.74. The van der Waals surface area contributed by atoms with E-state index in [1.807, 2.05) is 24.3 Å². The molecule has 1 aromatic carbocycles. The summed E-state index contributed by atoms with van der Waals surface area (Å²) in [6.45, 7) is 0.851. The number of amides is 1. The summed E-state index contributed by atoms with van der Waals surface area (Å²) in [5.41, 5.74) is 1.25. The number of benzene rings is 1. The molecule has 2 heterocycles. The number of furan rings is 1. The van der Waals surface area contributed by atoms with Gasteiger partial charge in [0.15, 0.2) is 0 Å². The van der Waals surface area contributed by atoms with Crippen molar-refractivity contribution < 1.29 is 13.9 Å². The number of hydrogen-bond donors (Lipinski definition) is 2. The van der Waals surface area contributed by atoms with Crippen LogP contribution in [0.1, 0.15) is 21.8 Å². The van der Waals surface area contributed by atoms with E-state index < -0.39 is 0 Å². The quantitative estimate of drug-likeness (QED) is 0.688.